The molecule has 6 heteroatoms. The van der Waals surface area contributed by atoms with Crippen molar-refractivity contribution in [2.45, 2.75) is 81.1 Å². The monoisotopic (exact) mass is 638 g/mol. The molecule has 0 saturated heterocycles. The molecule has 0 unspecified atom stereocenters. The Hall–Kier alpha value is -2.44. The predicted octanol–water partition coefficient (Wildman–Crippen LogP) is 9.89. The van der Waals surface area contributed by atoms with E-state index in [0.717, 1.165) is 59.5 Å². The second kappa shape index (κ2) is 11.7. The summed E-state index contributed by atoms with van der Waals surface area (Å²) in [6.45, 7) is 17.8. The van der Waals surface area contributed by atoms with Crippen LogP contribution in [-0.2, 0) is 12.8 Å². The maximum Gasteiger partial charge on any atom is 0.0693 e. The van der Waals surface area contributed by atoms with Crippen LogP contribution >= 0.6 is 34.0 Å². The van der Waals surface area contributed by atoms with Gasteiger partial charge in [0.05, 0.1) is 22.8 Å². The summed E-state index contributed by atoms with van der Waals surface area (Å²) in [5.74, 6) is 0. The number of aromatic amines is 2. The number of allylic oxidation sites excluding steroid dienone is 4. The van der Waals surface area contributed by atoms with Crippen LogP contribution in [-0.4, -0.2) is 19.9 Å². The van der Waals surface area contributed by atoms with Gasteiger partial charge in [0, 0.05) is 22.1 Å². The summed E-state index contributed by atoms with van der Waals surface area (Å²) in [4.78, 5) is 17.7. The highest BCUT2D eigenvalue weighted by Gasteiger charge is 2.20. The quantitative estimate of drug-likeness (QED) is 0.298. The van der Waals surface area contributed by atoms with Crippen molar-refractivity contribution >= 4 is 78.3 Å². The Morgan fingerprint density at radius 2 is 0.895 bits per heavy atom. The predicted molar refractivity (Wildman–Crippen MR) is 175 cm³/mol. The molecule has 2 aliphatic rings. The first kappa shape index (κ1) is 30.1. The van der Waals surface area contributed by atoms with E-state index in [0.29, 0.717) is 0 Å². The minimum atomic E-state index is 0. The van der Waals surface area contributed by atoms with Crippen molar-refractivity contribution in [2.24, 2.45) is 0 Å². The molecule has 0 fully saturated rings. The molecule has 2 N–H and O–H groups in total. The Morgan fingerprint density at radius 1 is 0.500 bits per heavy atom. The van der Waals surface area contributed by atoms with Crippen molar-refractivity contribution in [1.82, 2.24) is 19.9 Å². The summed E-state index contributed by atoms with van der Waals surface area (Å²) < 4.78 is 0. The first-order valence-electron chi connectivity index (χ1n) is 13.4. The van der Waals surface area contributed by atoms with Gasteiger partial charge in [-0.15, -0.1) is 34.0 Å². The molecule has 0 amide bonds. The molecule has 0 radical (unpaired) electrons. The Balaban J connectivity index is 0.00000200. The number of H-pyrrole nitrogens is 2. The topological polar surface area (TPSA) is 57.4 Å². The van der Waals surface area contributed by atoms with Crippen LogP contribution < -0.4 is 0 Å². The first-order valence-corrected chi connectivity index (χ1v) is 13.4. The molecule has 5 heterocycles. The van der Waals surface area contributed by atoms with Crippen molar-refractivity contribution in [3.05, 3.63) is 69.3 Å². The van der Waals surface area contributed by atoms with Gasteiger partial charge in [0.25, 0.3) is 0 Å². The zero-order valence-corrected chi connectivity index (χ0v) is 27.3. The molecule has 0 spiro atoms. The third kappa shape index (κ3) is 4.86. The standard InChI is InChI=1S/C32H38N4.2BrH/c1-9-21-17(5)25-14-30-23(11-3)19(7)27(35-30)16-32-24(12-4)20(8)28(36-32)15-31-22(10-2)18(6)26(34-31)13-29(21)33-25;;/h13-16,33-34H,9-12H2,1-8H3;2*1H. The van der Waals surface area contributed by atoms with Crippen LogP contribution in [0.1, 0.15) is 99.4 Å². The van der Waals surface area contributed by atoms with Gasteiger partial charge in [-0.2, -0.15) is 0 Å². The molecule has 2 aliphatic heterocycles. The molecule has 0 atom stereocenters. The van der Waals surface area contributed by atoms with Crippen LogP contribution in [0.15, 0.2) is 24.3 Å². The molecule has 0 aromatic carbocycles. The largest absolute Gasteiger partial charge is 0.355 e. The molecule has 8 bridgehead atoms. The zero-order valence-electron chi connectivity index (χ0n) is 23.8. The van der Waals surface area contributed by atoms with Gasteiger partial charge in [-0.25, -0.2) is 9.97 Å². The summed E-state index contributed by atoms with van der Waals surface area (Å²) in [7, 11) is 0. The normalized spacial score (nSPS) is 13.1. The van der Waals surface area contributed by atoms with Gasteiger partial charge in [0.15, 0.2) is 0 Å². The molecule has 38 heavy (non-hydrogen) atoms. The third-order valence-corrected chi connectivity index (χ3v) is 8.21. The highest BCUT2D eigenvalue weighted by molar-refractivity contribution is 8.93. The Morgan fingerprint density at radius 3 is 1.37 bits per heavy atom. The number of fused-ring (bicyclic) bond motifs is 8. The Bertz CT molecular complexity index is 1620. The van der Waals surface area contributed by atoms with E-state index in [1.54, 1.807) is 0 Å². The van der Waals surface area contributed by atoms with Crippen molar-refractivity contribution < 1.29 is 0 Å². The number of nitrogens with zero attached hydrogens (tertiary/aromatic N) is 2. The molecular weight excluding hydrogens is 600 g/mol. The molecule has 0 aliphatic carbocycles. The fourth-order valence-corrected chi connectivity index (χ4v) is 6.02. The lowest BCUT2D eigenvalue weighted by atomic mass is 10.0. The highest BCUT2D eigenvalue weighted by atomic mass is 79.9. The molecule has 3 aromatic rings. The number of aromatic nitrogens is 4. The molecule has 0 saturated carbocycles. The summed E-state index contributed by atoms with van der Waals surface area (Å²) in [5, 5.41) is 0. The SMILES string of the molecule is Br.Br.CCC1=C(C)c2cc3[nH]c(cc4[nH]c(cc5nc(cc1n2)C(C)=C5CC)c(C)c4CC)c(C)c3CC. The number of hydrogen-bond donors (Lipinski definition) is 2. The van der Waals surface area contributed by atoms with E-state index in [9.17, 15) is 0 Å². The summed E-state index contributed by atoms with van der Waals surface area (Å²) in [6, 6.07) is 8.98. The van der Waals surface area contributed by atoms with E-state index in [-0.39, 0.29) is 34.0 Å². The first-order chi connectivity index (χ1) is 17.3. The zero-order chi connectivity index (χ0) is 25.7. The second-order valence-electron chi connectivity index (χ2n) is 10.1. The Labute approximate surface area is 247 Å². The van der Waals surface area contributed by atoms with E-state index in [1.165, 1.54) is 55.6 Å². The van der Waals surface area contributed by atoms with Crippen LogP contribution in [0, 0.1) is 13.8 Å². The average Bonchev–Trinajstić information content (AvgIpc) is 3.51. The van der Waals surface area contributed by atoms with Crippen molar-refractivity contribution in [3.8, 4) is 0 Å². The lowest BCUT2D eigenvalue weighted by molar-refractivity contribution is 1.14. The van der Waals surface area contributed by atoms with Gasteiger partial charge in [-0.1, -0.05) is 27.7 Å². The van der Waals surface area contributed by atoms with Crippen LogP contribution in [0.4, 0.5) is 0 Å². The van der Waals surface area contributed by atoms with E-state index < -0.39 is 0 Å². The van der Waals surface area contributed by atoms with Crippen molar-refractivity contribution in [1.29, 1.82) is 0 Å². The summed E-state index contributed by atoms with van der Waals surface area (Å²) in [6.07, 6.45) is 3.86. The van der Waals surface area contributed by atoms with Gasteiger partial charge in [-0.05, 0) is 122 Å². The van der Waals surface area contributed by atoms with Gasteiger partial charge < -0.3 is 9.97 Å². The lowest BCUT2D eigenvalue weighted by Gasteiger charge is -2.01. The van der Waals surface area contributed by atoms with E-state index >= 15 is 0 Å². The van der Waals surface area contributed by atoms with E-state index in [4.69, 9.17) is 9.97 Å². The maximum absolute atomic E-state index is 5.13. The third-order valence-electron chi connectivity index (χ3n) is 8.21. The Kier molecular flexibility index (Phi) is 9.31. The van der Waals surface area contributed by atoms with Gasteiger partial charge >= 0.3 is 0 Å². The smallest absolute Gasteiger partial charge is 0.0693 e. The maximum atomic E-state index is 5.13. The van der Waals surface area contributed by atoms with Crippen LogP contribution in [0.25, 0.3) is 44.4 Å². The molecule has 4 nitrogen and oxygen atoms in total. The van der Waals surface area contributed by atoms with Gasteiger partial charge in [0.2, 0.25) is 0 Å². The fourth-order valence-electron chi connectivity index (χ4n) is 6.02. The highest BCUT2D eigenvalue weighted by Crippen LogP contribution is 2.36. The lowest BCUT2D eigenvalue weighted by Crippen LogP contribution is -1.84. The molecule has 5 rings (SSSR count). The number of aryl methyl sites for hydroxylation is 4. The van der Waals surface area contributed by atoms with E-state index in [2.05, 4.69) is 89.6 Å². The van der Waals surface area contributed by atoms with Crippen LogP contribution in [0.3, 0.4) is 0 Å². The molecule has 202 valence electrons. The molecule has 3 aromatic heterocycles. The summed E-state index contributed by atoms with van der Waals surface area (Å²) >= 11 is 0. The van der Waals surface area contributed by atoms with Crippen molar-refractivity contribution in [2.75, 3.05) is 0 Å². The fraction of sp³-hybridized carbons (Fsp3) is 0.375. The van der Waals surface area contributed by atoms with Crippen LogP contribution in [0.5, 0.6) is 0 Å². The molecular formula is C32H40Br2N4. The summed E-state index contributed by atoms with van der Waals surface area (Å²) in [5.41, 5.74) is 19.3. The van der Waals surface area contributed by atoms with Gasteiger partial charge in [-0.3, -0.25) is 0 Å². The van der Waals surface area contributed by atoms with E-state index in [1.807, 2.05) is 0 Å². The average molecular weight is 641 g/mol. The van der Waals surface area contributed by atoms with Crippen LogP contribution in [0.2, 0.25) is 0 Å². The van der Waals surface area contributed by atoms with Gasteiger partial charge in [0.1, 0.15) is 0 Å². The number of nitrogens with one attached hydrogen (secondary N) is 2. The minimum Gasteiger partial charge on any atom is -0.355 e. The minimum absolute atomic E-state index is 0. The number of rotatable bonds is 4. The number of halogens is 2. The second-order valence-corrected chi connectivity index (χ2v) is 10.1. The number of hydrogen-bond acceptors (Lipinski definition) is 2. The van der Waals surface area contributed by atoms with Crippen molar-refractivity contribution in [3.63, 3.8) is 0 Å².